The highest BCUT2D eigenvalue weighted by Gasteiger charge is 2.45. The molecule has 7 heteroatoms. The number of methoxy groups -OCH3 is 1. The van der Waals surface area contributed by atoms with E-state index in [1.807, 2.05) is 6.07 Å². The summed E-state index contributed by atoms with van der Waals surface area (Å²) < 4.78 is 32.6. The first kappa shape index (κ1) is 18.5. The molecule has 144 valence electrons. The van der Waals surface area contributed by atoms with Gasteiger partial charge in [-0.05, 0) is 54.9 Å². The monoisotopic (exact) mass is 398 g/mol. The molecule has 0 bridgehead atoms. The average molecular weight is 399 g/mol. The minimum Gasteiger partial charge on any atom is -0.497 e. The zero-order chi connectivity index (χ0) is 18.3. The molecule has 0 amide bonds. The van der Waals surface area contributed by atoms with Crippen LogP contribution in [0.25, 0.3) is 0 Å². The van der Waals surface area contributed by atoms with Crippen LogP contribution in [0, 0.1) is 5.92 Å². The molecule has 0 radical (unpaired) electrons. The van der Waals surface area contributed by atoms with Gasteiger partial charge >= 0.3 is 0 Å². The largest absolute Gasteiger partial charge is 0.497 e. The highest BCUT2D eigenvalue weighted by Crippen LogP contribution is 2.44. The van der Waals surface area contributed by atoms with Crippen LogP contribution in [0.4, 0.5) is 0 Å². The van der Waals surface area contributed by atoms with Gasteiger partial charge in [-0.15, -0.1) is 11.6 Å². The van der Waals surface area contributed by atoms with Crippen molar-refractivity contribution in [2.45, 2.75) is 37.8 Å². The molecule has 26 heavy (non-hydrogen) atoms. The Bertz CT molecular complexity index is 770. The van der Waals surface area contributed by atoms with Crippen molar-refractivity contribution in [2.24, 2.45) is 5.92 Å². The van der Waals surface area contributed by atoms with Crippen LogP contribution in [0.1, 0.15) is 36.4 Å². The molecule has 0 aromatic heterocycles. The number of piperidine rings is 2. The third-order valence-electron chi connectivity index (χ3n) is 6.31. The Labute approximate surface area is 161 Å². The van der Waals surface area contributed by atoms with E-state index in [-0.39, 0.29) is 17.7 Å². The van der Waals surface area contributed by atoms with Gasteiger partial charge in [0.05, 0.1) is 12.9 Å². The number of ether oxygens (including phenoxy) is 1. The van der Waals surface area contributed by atoms with Crippen molar-refractivity contribution in [1.29, 1.82) is 0 Å². The standard InChI is InChI=1S/C19H27ClN2O3S/c1-25-16-4-5-17-14(11-16)6-9-21-13-15-3-2-8-22(18(15)12-19(17)21)26(23,24)10-7-20/h4-5,11,15,18-19H,2-3,6-10,12-13H2,1H3/t15-,18+,19+/m1/s1. The van der Waals surface area contributed by atoms with Crippen LogP contribution in [-0.2, 0) is 16.4 Å². The van der Waals surface area contributed by atoms with Crippen molar-refractivity contribution >= 4 is 21.6 Å². The number of sulfonamides is 1. The van der Waals surface area contributed by atoms with E-state index in [0.717, 1.165) is 44.5 Å². The summed E-state index contributed by atoms with van der Waals surface area (Å²) in [5, 5.41) is 0. The summed E-state index contributed by atoms with van der Waals surface area (Å²) in [5.74, 6) is 1.54. The molecule has 0 saturated carbocycles. The molecule has 2 fully saturated rings. The second kappa shape index (κ2) is 7.30. The van der Waals surface area contributed by atoms with E-state index in [1.165, 1.54) is 11.1 Å². The van der Waals surface area contributed by atoms with Crippen molar-refractivity contribution in [1.82, 2.24) is 9.21 Å². The minimum atomic E-state index is -3.27. The summed E-state index contributed by atoms with van der Waals surface area (Å²) in [6.45, 7) is 2.68. The van der Waals surface area contributed by atoms with Crippen LogP contribution in [0.2, 0.25) is 0 Å². The number of rotatable bonds is 4. The van der Waals surface area contributed by atoms with Gasteiger partial charge < -0.3 is 4.74 Å². The van der Waals surface area contributed by atoms with E-state index >= 15 is 0 Å². The first-order valence-corrected chi connectivity index (χ1v) is 11.6. The molecule has 3 atom stereocenters. The SMILES string of the molecule is COc1ccc2c(c1)CCN1C[C@H]3CCCN(S(=O)(=O)CCCl)[C@H]3C[C@@H]21. The summed E-state index contributed by atoms with van der Waals surface area (Å²) in [7, 11) is -1.57. The van der Waals surface area contributed by atoms with E-state index in [0.29, 0.717) is 18.5 Å². The van der Waals surface area contributed by atoms with E-state index in [4.69, 9.17) is 16.3 Å². The highest BCUT2D eigenvalue weighted by atomic mass is 35.5. The Morgan fingerprint density at radius 2 is 2.15 bits per heavy atom. The Morgan fingerprint density at radius 3 is 2.92 bits per heavy atom. The molecule has 3 aliphatic rings. The molecular formula is C19H27ClN2O3S. The number of hydrogen-bond acceptors (Lipinski definition) is 4. The molecule has 1 aromatic rings. The maximum Gasteiger partial charge on any atom is 0.215 e. The fourth-order valence-corrected chi connectivity index (χ4v) is 7.17. The molecule has 0 N–H and O–H groups in total. The predicted octanol–water partition coefficient (Wildman–Crippen LogP) is 2.65. The van der Waals surface area contributed by atoms with Gasteiger partial charge in [-0.2, -0.15) is 4.31 Å². The topological polar surface area (TPSA) is 49.9 Å². The van der Waals surface area contributed by atoms with Gasteiger partial charge in [-0.1, -0.05) is 6.07 Å². The van der Waals surface area contributed by atoms with Crippen LogP contribution in [-0.4, -0.2) is 62.0 Å². The lowest BCUT2D eigenvalue weighted by molar-refractivity contribution is 0.0220. The smallest absolute Gasteiger partial charge is 0.215 e. The molecule has 3 heterocycles. The Kier molecular flexibility index (Phi) is 5.21. The lowest BCUT2D eigenvalue weighted by Gasteiger charge is -2.51. The zero-order valence-corrected chi connectivity index (χ0v) is 16.8. The molecule has 0 aliphatic carbocycles. The maximum atomic E-state index is 12.7. The van der Waals surface area contributed by atoms with E-state index in [9.17, 15) is 8.42 Å². The number of fused-ring (bicyclic) bond motifs is 4. The van der Waals surface area contributed by atoms with Gasteiger partial charge in [0.25, 0.3) is 0 Å². The van der Waals surface area contributed by atoms with E-state index in [1.54, 1.807) is 11.4 Å². The summed E-state index contributed by atoms with van der Waals surface area (Å²) in [5.41, 5.74) is 2.69. The van der Waals surface area contributed by atoms with Crippen LogP contribution < -0.4 is 4.74 Å². The van der Waals surface area contributed by atoms with Gasteiger partial charge in [-0.3, -0.25) is 4.90 Å². The summed E-state index contributed by atoms with van der Waals surface area (Å²) in [6, 6.07) is 6.74. The Morgan fingerprint density at radius 1 is 1.31 bits per heavy atom. The number of alkyl halides is 1. The maximum absolute atomic E-state index is 12.7. The molecule has 2 saturated heterocycles. The van der Waals surface area contributed by atoms with Gasteiger partial charge in [0, 0.05) is 37.6 Å². The van der Waals surface area contributed by atoms with Crippen molar-refractivity contribution in [3.63, 3.8) is 0 Å². The second-order valence-corrected chi connectivity index (χ2v) is 10.1. The van der Waals surface area contributed by atoms with E-state index < -0.39 is 10.0 Å². The van der Waals surface area contributed by atoms with Crippen molar-refractivity contribution in [3.8, 4) is 5.75 Å². The summed E-state index contributed by atoms with van der Waals surface area (Å²) in [6.07, 6.45) is 3.99. The lowest BCUT2D eigenvalue weighted by Crippen LogP contribution is -2.57. The quantitative estimate of drug-likeness (QED) is 0.731. The average Bonchev–Trinajstić information content (AvgIpc) is 2.65. The normalized spacial score (nSPS) is 29.5. The predicted molar refractivity (Wildman–Crippen MR) is 103 cm³/mol. The first-order valence-electron chi connectivity index (χ1n) is 9.50. The highest BCUT2D eigenvalue weighted by molar-refractivity contribution is 7.89. The molecule has 4 rings (SSSR count). The second-order valence-electron chi connectivity index (χ2n) is 7.65. The fraction of sp³-hybridized carbons (Fsp3) is 0.684. The minimum absolute atomic E-state index is 0.0416. The van der Waals surface area contributed by atoms with Crippen LogP contribution in [0.3, 0.4) is 0 Å². The molecule has 0 unspecified atom stereocenters. The van der Waals surface area contributed by atoms with Crippen LogP contribution >= 0.6 is 11.6 Å². The number of hydrogen-bond donors (Lipinski definition) is 0. The first-order chi connectivity index (χ1) is 12.5. The van der Waals surface area contributed by atoms with Crippen LogP contribution in [0.15, 0.2) is 18.2 Å². The van der Waals surface area contributed by atoms with Gasteiger partial charge in [0.1, 0.15) is 5.75 Å². The van der Waals surface area contributed by atoms with Gasteiger partial charge in [0.2, 0.25) is 10.0 Å². The molecule has 1 aromatic carbocycles. The Hall–Kier alpha value is -0.820. The van der Waals surface area contributed by atoms with Crippen molar-refractivity contribution in [3.05, 3.63) is 29.3 Å². The lowest BCUT2D eigenvalue weighted by atomic mass is 9.77. The van der Waals surface area contributed by atoms with Crippen molar-refractivity contribution in [2.75, 3.05) is 38.4 Å². The van der Waals surface area contributed by atoms with Crippen LogP contribution in [0.5, 0.6) is 5.75 Å². The summed E-state index contributed by atoms with van der Waals surface area (Å²) >= 11 is 5.76. The third kappa shape index (κ3) is 3.26. The Balaban J connectivity index is 1.63. The van der Waals surface area contributed by atoms with Crippen molar-refractivity contribution < 1.29 is 13.2 Å². The molecule has 3 aliphatic heterocycles. The molecular weight excluding hydrogens is 372 g/mol. The molecule has 0 spiro atoms. The number of halogens is 1. The fourth-order valence-electron chi connectivity index (χ4n) is 5.08. The van der Waals surface area contributed by atoms with Gasteiger partial charge in [-0.25, -0.2) is 8.42 Å². The number of benzene rings is 1. The van der Waals surface area contributed by atoms with E-state index in [2.05, 4.69) is 17.0 Å². The summed E-state index contributed by atoms with van der Waals surface area (Å²) in [4.78, 5) is 2.56. The number of nitrogens with zero attached hydrogens (tertiary/aromatic N) is 2. The zero-order valence-electron chi connectivity index (χ0n) is 15.2. The third-order valence-corrected chi connectivity index (χ3v) is 8.61. The molecule has 5 nitrogen and oxygen atoms in total. The van der Waals surface area contributed by atoms with Gasteiger partial charge in [0.15, 0.2) is 0 Å².